The highest BCUT2D eigenvalue weighted by molar-refractivity contribution is 6.06. The third-order valence-electron chi connectivity index (χ3n) is 3.90. The van der Waals surface area contributed by atoms with E-state index in [1.807, 2.05) is 54.6 Å². The van der Waals surface area contributed by atoms with Gasteiger partial charge in [-0.25, -0.2) is 0 Å². The lowest BCUT2D eigenvalue weighted by molar-refractivity contribution is 0.0527. The summed E-state index contributed by atoms with van der Waals surface area (Å²) < 4.78 is 0. The van der Waals surface area contributed by atoms with Gasteiger partial charge in [0.2, 0.25) is 0 Å². The first-order valence-corrected chi connectivity index (χ1v) is 7.47. The molecule has 4 nitrogen and oxygen atoms in total. The van der Waals surface area contributed by atoms with Gasteiger partial charge in [0.1, 0.15) is 5.60 Å². The monoisotopic (exact) mass is 306 g/mol. The van der Waals surface area contributed by atoms with Crippen molar-refractivity contribution in [2.45, 2.75) is 12.5 Å². The first kappa shape index (κ1) is 15.2. The number of benzene rings is 2. The second-order valence-electron chi connectivity index (χ2n) is 5.73. The van der Waals surface area contributed by atoms with E-state index in [9.17, 15) is 9.90 Å². The molecule has 0 aliphatic rings. The van der Waals surface area contributed by atoms with Crippen LogP contribution in [-0.2, 0) is 5.60 Å². The third kappa shape index (κ3) is 3.22. The quantitative estimate of drug-likeness (QED) is 0.779. The van der Waals surface area contributed by atoms with Gasteiger partial charge in [0.05, 0.1) is 12.1 Å². The summed E-state index contributed by atoms with van der Waals surface area (Å²) in [4.78, 5) is 16.6. The first-order chi connectivity index (χ1) is 11.1. The van der Waals surface area contributed by atoms with E-state index >= 15 is 0 Å². The average Bonchev–Trinajstić information content (AvgIpc) is 2.60. The molecule has 116 valence electrons. The topological polar surface area (TPSA) is 62.2 Å². The molecule has 1 atom stereocenters. The van der Waals surface area contributed by atoms with Crippen LogP contribution in [0.3, 0.4) is 0 Å². The van der Waals surface area contributed by atoms with Crippen molar-refractivity contribution in [2.24, 2.45) is 0 Å². The van der Waals surface area contributed by atoms with Crippen molar-refractivity contribution in [1.82, 2.24) is 10.3 Å². The molecule has 1 heterocycles. The zero-order chi connectivity index (χ0) is 16.3. The summed E-state index contributed by atoms with van der Waals surface area (Å²) in [5, 5.41) is 15.1. The number of aliphatic hydroxyl groups is 1. The lowest BCUT2D eigenvalue weighted by Crippen LogP contribution is -2.38. The Balaban J connectivity index is 1.79. The molecule has 23 heavy (non-hydrogen) atoms. The molecule has 0 aliphatic heterocycles. The summed E-state index contributed by atoms with van der Waals surface area (Å²) in [6.45, 7) is 1.81. The Kier molecular flexibility index (Phi) is 4.08. The van der Waals surface area contributed by atoms with Crippen molar-refractivity contribution in [3.8, 4) is 0 Å². The van der Waals surface area contributed by atoms with Gasteiger partial charge in [0.25, 0.3) is 5.91 Å². The summed E-state index contributed by atoms with van der Waals surface area (Å²) in [6.07, 6.45) is 3.28. The maximum Gasteiger partial charge on any atom is 0.253 e. The van der Waals surface area contributed by atoms with Crippen LogP contribution in [0.15, 0.2) is 67.0 Å². The summed E-state index contributed by atoms with van der Waals surface area (Å²) in [5.74, 6) is -0.245. The van der Waals surface area contributed by atoms with E-state index < -0.39 is 5.60 Å². The number of carbonyl (C=O) groups is 1. The molecule has 1 amide bonds. The molecule has 0 saturated carbocycles. The van der Waals surface area contributed by atoms with Crippen molar-refractivity contribution in [1.29, 1.82) is 0 Å². The van der Waals surface area contributed by atoms with Crippen LogP contribution < -0.4 is 5.32 Å². The second kappa shape index (κ2) is 6.18. The fourth-order valence-electron chi connectivity index (χ4n) is 2.54. The Bertz CT molecular complexity index is 824. The molecule has 0 saturated heterocycles. The van der Waals surface area contributed by atoms with Crippen LogP contribution in [0.4, 0.5) is 0 Å². The first-order valence-electron chi connectivity index (χ1n) is 7.47. The number of aromatic nitrogens is 1. The van der Waals surface area contributed by atoms with Crippen LogP contribution in [0, 0.1) is 0 Å². The van der Waals surface area contributed by atoms with Gasteiger partial charge in [-0.2, -0.15) is 0 Å². The van der Waals surface area contributed by atoms with E-state index in [1.165, 1.54) is 0 Å². The van der Waals surface area contributed by atoms with Gasteiger partial charge < -0.3 is 10.4 Å². The number of amides is 1. The Morgan fingerprint density at radius 2 is 1.78 bits per heavy atom. The highest BCUT2D eigenvalue weighted by atomic mass is 16.3. The summed E-state index contributed by atoms with van der Waals surface area (Å²) in [7, 11) is 0. The summed E-state index contributed by atoms with van der Waals surface area (Å²) in [6, 6.07) is 16.9. The van der Waals surface area contributed by atoms with Crippen LogP contribution in [-0.4, -0.2) is 22.5 Å². The van der Waals surface area contributed by atoms with Crippen LogP contribution in [0.5, 0.6) is 0 Å². The second-order valence-corrected chi connectivity index (χ2v) is 5.73. The number of hydrogen-bond donors (Lipinski definition) is 2. The molecule has 0 aliphatic carbocycles. The molecule has 3 aromatic rings. The maximum absolute atomic E-state index is 12.5. The van der Waals surface area contributed by atoms with E-state index in [-0.39, 0.29) is 12.5 Å². The number of carbonyl (C=O) groups excluding carboxylic acids is 1. The minimum atomic E-state index is -1.13. The highest BCUT2D eigenvalue weighted by Gasteiger charge is 2.24. The fraction of sp³-hybridized carbons (Fsp3) is 0.158. The Labute approximate surface area is 134 Å². The van der Waals surface area contributed by atoms with Crippen molar-refractivity contribution in [2.75, 3.05) is 6.54 Å². The van der Waals surface area contributed by atoms with Crippen molar-refractivity contribution >= 4 is 16.7 Å². The molecule has 2 aromatic carbocycles. The van der Waals surface area contributed by atoms with Crippen LogP contribution in [0.2, 0.25) is 0 Å². The van der Waals surface area contributed by atoms with Gasteiger partial charge in [0.15, 0.2) is 0 Å². The normalized spacial score (nSPS) is 13.5. The Morgan fingerprint density at radius 3 is 2.57 bits per heavy atom. The van der Waals surface area contributed by atoms with E-state index in [2.05, 4.69) is 10.3 Å². The van der Waals surface area contributed by atoms with E-state index in [0.29, 0.717) is 5.56 Å². The maximum atomic E-state index is 12.5. The fourth-order valence-corrected chi connectivity index (χ4v) is 2.54. The number of fused-ring (bicyclic) bond motifs is 1. The van der Waals surface area contributed by atoms with Gasteiger partial charge >= 0.3 is 0 Å². The molecule has 2 N–H and O–H groups in total. The predicted molar refractivity (Wildman–Crippen MR) is 90.1 cm³/mol. The number of nitrogens with zero attached hydrogens (tertiary/aromatic N) is 1. The van der Waals surface area contributed by atoms with Crippen molar-refractivity contribution in [3.05, 3.63) is 78.1 Å². The zero-order valence-electron chi connectivity index (χ0n) is 12.9. The smallest absolute Gasteiger partial charge is 0.253 e. The van der Waals surface area contributed by atoms with Crippen molar-refractivity contribution in [3.63, 3.8) is 0 Å². The minimum absolute atomic E-state index is 0.124. The lowest BCUT2D eigenvalue weighted by atomic mass is 9.96. The standard InChI is InChI=1S/C19H18N2O2/c1-19(23,15-8-3-2-4-9-15)13-21-18(22)17-12-20-11-14-7-5-6-10-16(14)17/h2-12,23H,13H2,1H3,(H,21,22). The van der Waals surface area contributed by atoms with Crippen LogP contribution in [0.1, 0.15) is 22.8 Å². The molecule has 1 unspecified atom stereocenters. The number of nitrogens with one attached hydrogen (secondary N) is 1. The van der Waals surface area contributed by atoms with Crippen LogP contribution >= 0.6 is 0 Å². The number of pyridine rings is 1. The summed E-state index contributed by atoms with van der Waals surface area (Å²) >= 11 is 0. The molecule has 0 bridgehead atoms. The Morgan fingerprint density at radius 1 is 1.09 bits per heavy atom. The highest BCUT2D eigenvalue weighted by Crippen LogP contribution is 2.20. The largest absolute Gasteiger partial charge is 0.384 e. The molecular formula is C19H18N2O2. The molecule has 0 fully saturated rings. The third-order valence-corrected chi connectivity index (χ3v) is 3.90. The van der Waals surface area contributed by atoms with Gasteiger partial charge in [-0.3, -0.25) is 9.78 Å². The number of hydrogen-bond acceptors (Lipinski definition) is 3. The van der Waals surface area contributed by atoms with Gasteiger partial charge in [-0.05, 0) is 17.9 Å². The molecule has 3 rings (SSSR count). The number of rotatable bonds is 4. The molecule has 1 aromatic heterocycles. The minimum Gasteiger partial charge on any atom is -0.384 e. The summed E-state index contributed by atoms with van der Waals surface area (Å²) in [5.41, 5.74) is 0.137. The van der Waals surface area contributed by atoms with Crippen LogP contribution in [0.25, 0.3) is 10.8 Å². The molecule has 4 heteroatoms. The van der Waals surface area contributed by atoms with Gasteiger partial charge in [0, 0.05) is 17.8 Å². The zero-order valence-corrected chi connectivity index (χ0v) is 12.9. The Hall–Kier alpha value is -2.72. The van der Waals surface area contributed by atoms with Crippen molar-refractivity contribution < 1.29 is 9.90 Å². The van der Waals surface area contributed by atoms with E-state index in [4.69, 9.17) is 0 Å². The predicted octanol–water partition coefficient (Wildman–Crippen LogP) is 2.87. The average molecular weight is 306 g/mol. The van der Waals surface area contributed by atoms with E-state index in [0.717, 1.165) is 16.3 Å². The lowest BCUT2D eigenvalue weighted by Gasteiger charge is -2.24. The SMILES string of the molecule is CC(O)(CNC(=O)c1cncc2ccccc12)c1ccccc1. The molecular weight excluding hydrogens is 288 g/mol. The molecule has 0 radical (unpaired) electrons. The van der Waals surface area contributed by atoms with E-state index in [1.54, 1.807) is 19.3 Å². The molecule has 0 spiro atoms. The van der Waals surface area contributed by atoms with Gasteiger partial charge in [-0.1, -0.05) is 54.6 Å². The van der Waals surface area contributed by atoms with Gasteiger partial charge in [-0.15, -0.1) is 0 Å².